The smallest absolute Gasteiger partial charge is 0.320 e. The number of phenolic OH excluding ortho intramolecular Hbond substituents is 3. The molecule has 15 nitrogen and oxygen atoms in total. The lowest BCUT2D eigenvalue weighted by atomic mass is 10.0. The summed E-state index contributed by atoms with van der Waals surface area (Å²) >= 11 is 0. The zero-order valence-electron chi connectivity index (χ0n) is 23.5. The second-order valence-corrected chi connectivity index (χ2v) is 10.0. The van der Waals surface area contributed by atoms with Crippen LogP contribution in [0, 0.1) is 10.1 Å². The highest BCUT2D eigenvalue weighted by Gasteiger charge is 2.22. The molecule has 0 saturated carbocycles. The monoisotopic (exact) mass is 618 g/mol. The molecule has 6 rings (SSSR count). The van der Waals surface area contributed by atoms with E-state index in [4.69, 9.17) is 26.8 Å². The lowest BCUT2D eigenvalue weighted by molar-refractivity contribution is -0.383. The van der Waals surface area contributed by atoms with Gasteiger partial charge in [0.15, 0.2) is 0 Å². The van der Waals surface area contributed by atoms with Gasteiger partial charge in [-0.15, -0.1) is 0 Å². The SMILES string of the molecule is NC(Cc1c[nH]c2cc(O)cc([N+](=O)[O-])c12)C(=O)O.NC(Cc1c[nH]c2cc(O)ccc12)C(=O)O.Oc1ccc2cc[nH]c2c1. The first-order valence-electron chi connectivity index (χ1n) is 13.3. The molecular formula is C30H30N6O9. The number of hydrogen-bond acceptors (Lipinski definition) is 9. The first kappa shape index (κ1) is 31.9. The number of hydrogen-bond donors (Lipinski definition) is 10. The molecule has 6 aromatic rings. The van der Waals surface area contributed by atoms with Gasteiger partial charge < -0.3 is 52.0 Å². The minimum atomic E-state index is -1.18. The summed E-state index contributed by atoms with van der Waals surface area (Å²) in [6, 6.07) is 12.4. The molecule has 0 aliphatic heterocycles. The maximum atomic E-state index is 11.0. The van der Waals surface area contributed by atoms with Gasteiger partial charge in [0.1, 0.15) is 29.3 Å². The lowest BCUT2D eigenvalue weighted by Gasteiger charge is -2.05. The van der Waals surface area contributed by atoms with Crippen LogP contribution in [0.25, 0.3) is 32.7 Å². The molecular weight excluding hydrogens is 588 g/mol. The van der Waals surface area contributed by atoms with E-state index in [-0.39, 0.29) is 35.4 Å². The molecule has 0 aliphatic carbocycles. The van der Waals surface area contributed by atoms with E-state index in [1.54, 1.807) is 36.5 Å². The van der Waals surface area contributed by atoms with Gasteiger partial charge >= 0.3 is 11.9 Å². The van der Waals surface area contributed by atoms with Crippen LogP contribution < -0.4 is 11.5 Å². The summed E-state index contributed by atoms with van der Waals surface area (Å²) in [4.78, 5) is 40.4. The molecule has 45 heavy (non-hydrogen) atoms. The third kappa shape index (κ3) is 7.67. The quantitative estimate of drug-likeness (QED) is 0.0913. The first-order valence-corrected chi connectivity index (χ1v) is 13.3. The Morgan fingerprint density at radius 2 is 1.29 bits per heavy atom. The van der Waals surface area contributed by atoms with Gasteiger partial charge in [-0.3, -0.25) is 19.7 Å². The molecule has 234 valence electrons. The normalized spacial score (nSPS) is 12.1. The van der Waals surface area contributed by atoms with Gasteiger partial charge in [-0.2, -0.15) is 0 Å². The molecule has 0 spiro atoms. The Hall–Kier alpha value is -6.06. The number of aromatic nitrogens is 3. The number of benzene rings is 3. The van der Waals surface area contributed by atoms with E-state index in [2.05, 4.69) is 15.0 Å². The van der Waals surface area contributed by atoms with Gasteiger partial charge in [0.05, 0.1) is 21.9 Å². The molecule has 0 bridgehead atoms. The zero-order valence-corrected chi connectivity index (χ0v) is 23.5. The first-order chi connectivity index (χ1) is 21.3. The molecule has 0 saturated heterocycles. The van der Waals surface area contributed by atoms with Crippen LogP contribution >= 0.6 is 0 Å². The number of H-pyrrole nitrogens is 3. The standard InChI is InChI=1S/C11H11N3O5.C11H12N2O3.C8H7NO/c12-7(11(16)17)1-5-4-13-8-2-6(15)3-9(10(5)8)14(18)19;12-9(11(15)16)3-6-5-13-10-4-7(14)1-2-8(6)10;10-7-2-1-6-3-4-9-8(6)5-7/h2-4,7,13,15H,1,12H2,(H,16,17);1-2,4-5,9,13-14H,3,12H2,(H,15,16);1-5,9-10H. The minimum Gasteiger partial charge on any atom is -0.508 e. The molecule has 3 aromatic heterocycles. The Morgan fingerprint density at radius 1 is 0.733 bits per heavy atom. The molecule has 12 N–H and O–H groups in total. The van der Waals surface area contributed by atoms with Gasteiger partial charge in [-0.05, 0) is 46.8 Å². The van der Waals surface area contributed by atoms with E-state index >= 15 is 0 Å². The van der Waals surface area contributed by atoms with Crippen molar-refractivity contribution >= 4 is 50.3 Å². The molecule has 15 heteroatoms. The zero-order chi connectivity index (χ0) is 32.8. The summed E-state index contributed by atoms with van der Waals surface area (Å²) in [5.41, 5.74) is 14.0. The van der Waals surface area contributed by atoms with Gasteiger partial charge in [-0.25, -0.2) is 0 Å². The van der Waals surface area contributed by atoms with Gasteiger partial charge in [0.2, 0.25) is 0 Å². The van der Waals surface area contributed by atoms with Crippen molar-refractivity contribution in [3.63, 3.8) is 0 Å². The summed E-state index contributed by atoms with van der Waals surface area (Å²) in [6.45, 7) is 0. The predicted molar refractivity (Wildman–Crippen MR) is 165 cm³/mol. The summed E-state index contributed by atoms with van der Waals surface area (Å²) in [5.74, 6) is -1.97. The van der Waals surface area contributed by atoms with Crippen molar-refractivity contribution in [3.8, 4) is 17.2 Å². The predicted octanol–water partition coefficient (Wildman–Crippen LogP) is 3.44. The van der Waals surface area contributed by atoms with Crippen molar-refractivity contribution in [2.45, 2.75) is 24.9 Å². The van der Waals surface area contributed by atoms with E-state index < -0.39 is 28.9 Å². The van der Waals surface area contributed by atoms with Crippen molar-refractivity contribution in [3.05, 3.63) is 94.4 Å². The van der Waals surface area contributed by atoms with Crippen LogP contribution in [0.4, 0.5) is 5.69 Å². The number of non-ortho nitro benzene ring substituents is 1. The average Bonchev–Trinajstić information content (AvgIpc) is 3.71. The number of nitrogens with zero attached hydrogens (tertiary/aromatic N) is 1. The van der Waals surface area contributed by atoms with E-state index in [1.807, 2.05) is 18.3 Å². The highest BCUT2D eigenvalue weighted by atomic mass is 16.6. The number of aromatic amines is 3. The van der Waals surface area contributed by atoms with Crippen molar-refractivity contribution in [1.29, 1.82) is 0 Å². The second-order valence-electron chi connectivity index (χ2n) is 10.0. The molecule has 0 amide bonds. The minimum absolute atomic E-state index is 0.0407. The Morgan fingerprint density at radius 3 is 1.93 bits per heavy atom. The number of phenols is 3. The Bertz CT molecular complexity index is 1990. The molecule has 0 fully saturated rings. The maximum absolute atomic E-state index is 11.0. The maximum Gasteiger partial charge on any atom is 0.320 e. The molecule has 2 atom stereocenters. The van der Waals surface area contributed by atoms with Gasteiger partial charge in [0.25, 0.3) is 5.69 Å². The van der Waals surface area contributed by atoms with E-state index in [9.17, 15) is 29.9 Å². The number of aliphatic carboxylic acids is 2. The van der Waals surface area contributed by atoms with Crippen molar-refractivity contribution in [2.24, 2.45) is 11.5 Å². The van der Waals surface area contributed by atoms with Crippen molar-refractivity contribution in [2.75, 3.05) is 0 Å². The topological polar surface area (TPSA) is 278 Å². The number of carboxylic acid groups (broad SMARTS) is 2. The van der Waals surface area contributed by atoms with Crippen molar-refractivity contribution < 1.29 is 40.0 Å². The van der Waals surface area contributed by atoms with Crippen LogP contribution in [-0.4, -0.2) is 69.4 Å². The van der Waals surface area contributed by atoms with Gasteiger partial charge in [0, 0.05) is 66.1 Å². The summed E-state index contributed by atoms with van der Waals surface area (Å²) in [7, 11) is 0. The molecule has 3 heterocycles. The summed E-state index contributed by atoms with van der Waals surface area (Å²) in [6.07, 6.45) is 5.25. The number of nitro groups is 1. The summed E-state index contributed by atoms with van der Waals surface area (Å²) in [5, 5.41) is 58.4. The lowest BCUT2D eigenvalue weighted by Crippen LogP contribution is -2.32. The van der Waals surface area contributed by atoms with Crippen LogP contribution in [-0.2, 0) is 22.4 Å². The van der Waals surface area contributed by atoms with Crippen LogP contribution in [0.2, 0.25) is 0 Å². The highest BCUT2D eigenvalue weighted by Crippen LogP contribution is 2.33. The van der Waals surface area contributed by atoms with Crippen LogP contribution in [0.5, 0.6) is 17.2 Å². The molecule has 0 radical (unpaired) electrons. The number of carboxylic acids is 2. The van der Waals surface area contributed by atoms with Gasteiger partial charge in [-0.1, -0.05) is 0 Å². The van der Waals surface area contributed by atoms with Crippen LogP contribution in [0.1, 0.15) is 11.1 Å². The number of aromatic hydroxyl groups is 3. The Kier molecular flexibility index (Phi) is 9.56. The van der Waals surface area contributed by atoms with E-state index in [0.29, 0.717) is 16.8 Å². The number of fused-ring (bicyclic) bond motifs is 3. The number of nitrogens with two attached hydrogens (primary N) is 2. The number of nitro benzene ring substituents is 1. The van der Waals surface area contributed by atoms with Crippen LogP contribution in [0.3, 0.4) is 0 Å². The Balaban J connectivity index is 0.000000160. The van der Waals surface area contributed by atoms with Crippen molar-refractivity contribution in [1.82, 2.24) is 15.0 Å². The third-order valence-corrected chi connectivity index (χ3v) is 6.83. The Labute approximate surface area is 253 Å². The second kappa shape index (κ2) is 13.5. The fraction of sp³-hybridized carbons (Fsp3) is 0.133. The number of rotatable bonds is 7. The fourth-order valence-corrected chi connectivity index (χ4v) is 4.63. The molecule has 2 unspecified atom stereocenters. The largest absolute Gasteiger partial charge is 0.508 e. The summed E-state index contributed by atoms with van der Waals surface area (Å²) < 4.78 is 0. The third-order valence-electron chi connectivity index (χ3n) is 6.83. The number of carbonyl (C=O) groups is 2. The van der Waals surface area contributed by atoms with E-state index in [1.165, 1.54) is 12.3 Å². The average molecular weight is 619 g/mol. The molecule has 0 aliphatic rings. The highest BCUT2D eigenvalue weighted by molar-refractivity contribution is 5.93. The number of nitrogens with one attached hydrogen (secondary N) is 3. The fourth-order valence-electron chi connectivity index (χ4n) is 4.63. The molecule has 3 aromatic carbocycles. The van der Waals surface area contributed by atoms with E-state index in [0.717, 1.165) is 33.4 Å². The van der Waals surface area contributed by atoms with Crippen LogP contribution in [0.15, 0.2) is 73.2 Å².